The van der Waals surface area contributed by atoms with E-state index >= 15 is 0 Å². The van der Waals surface area contributed by atoms with Gasteiger partial charge in [0.15, 0.2) is 0 Å². The number of benzene rings is 2. The zero-order valence-electron chi connectivity index (χ0n) is 13.2. The van der Waals surface area contributed by atoms with Gasteiger partial charge in [0, 0.05) is 15.5 Å². The molecule has 1 N–H and O–H groups in total. The second-order valence-corrected chi connectivity index (χ2v) is 8.01. The minimum Gasteiger partial charge on any atom is -0.481 e. The Morgan fingerprint density at radius 1 is 1.00 bits per heavy atom. The smallest absolute Gasteiger partial charge is 0.307 e. The summed E-state index contributed by atoms with van der Waals surface area (Å²) in [6.07, 6.45) is 1.68. The molecule has 2 aromatic rings. The van der Waals surface area contributed by atoms with Crippen molar-refractivity contribution in [1.82, 2.24) is 4.90 Å². The van der Waals surface area contributed by atoms with Crippen LogP contribution in [0, 0.1) is 5.92 Å². The van der Waals surface area contributed by atoms with Crippen LogP contribution in [0.25, 0.3) is 0 Å². The minimum atomic E-state index is -0.690. The van der Waals surface area contributed by atoms with Crippen molar-refractivity contribution in [2.24, 2.45) is 5.92 Å². The highest BCUT2D eigenvalue weighted by Crippen LogP contribution is 2.33. The van der Waals surface area contributed by atoms with E-state index in [1.165, 1.54) is 11.1 Å². The van der Waals surface area contributed by atoms with Crippen molar-refractivity contribution >= 4 is 37.8 Å². The van der Waals surface area contributed by atoms with Crippen molar-refractivity contribution in [1.29, 1.82) is 0 Å². The van der Waals surface area contributed by atoms with Crippen molar-refractivity contribution in [2.75, 3.05) is 13.1 Å². The van der Waals surface area contributed by atoms with E-state index < -0.39 is 5.97 Å². The molecule has 0 bridgehead atoms. The summed E-state index contributed by atoms with van der Waals surface area (Å²) in [7, 11) is 0. The molecule has 0 spiro atoms. The van der Waals surface area contributed by atoms with Crippen molar-refractivity contribution in [3.8, 4) is 0 Å². The highest BCUT2D eigenvalue weighted by atomic mass is 79.9. The summed E-state index contributed by atoms with van der Waals surface area (Å²) in [6, 6.07) is 16.7. The zero-order chi connectivity index (χ0) is 17.1. The van der Waals surface area contributed by atoms with Crippen LogP contribution in [-0.2, 0) is 4.79 Å². The van der Waals surface area contributed by atoms with E-state index in [1.807, 2.05) is 24.3 Å². The van der Waals surface area contributed by atoms with E-state index in [0.717, 1.165) is 28.3 Å². The molecular weight excluding hydrogens is 434 g/mol. The Labute approximate surface area is 158 Å². The van der Waals surface area contributed by atoms with Crippen LogP contribution in [0.1, 0.15) is 30.0 Å². The topological polar surface area (TPSA) is 40.5 Å². The molecule has 126 valence electrons. The van der Waals surface area contributed by atoms with Crippen LogP contribution in [0.2, 0.25) is 0 Å². The Balaban J connectivity index is 1.96. The standard InChI is InChI=1S/C19H19Br2NO2/c20-16-7-3-13(4-8-16)18(14-5-9-17(21)10-6-14)22-11-1-2-15(12-22)19(23)24/h3-10,15,18H,1-2,11-12H2,(H,23,24). The van der Waals surface area contributed by atoms with Gasteiger partial charge in [-0.25, -0.2) is 0 Å². The van der Waals surface area contributed by atoms with Crippen LogP contribution in [-0.4, -0.2) is 29.1 Å². The van der Waals surface area contributed by atoms with Crippen LogP contribution in [0.4, 0.5) is 0 Å². The quantitative estimate of drug-likeness (QED) is 0.701. The van der Waals surface area contributed by atoms with Crippen LogP contribution < -0.4 is 0 Å². The Hall–Kier alpha value is -1.17. The van der Waals surface area contributed by atoms with E-state index in [9.17, 15) is 9.90 Å². The predicted molar refractivity (Wildman–Crippen MR) is 102 cm³/mol. The summed E-state index contributed by atoms with van der Waals surface area (Å²) in [5.41, 5.74) is 2.37. The van der Waals surface area contributed by atoms with Crippen molar-refractivity contribution < 1.29 is 9.90 Å². The van der Waals surface area contributed by atoms with E-state index in [2.05, 4.69) is 61.0 Å². The molecule has 0 aromatic heterocycles. The summed E-state index contributed by atoms with van der Waals surface area (Å²) in [6.45, 7) is 1.51. The van der Waals surface area contributed by atoms with Gasteiger partial charge in [0.25, 0.3) is 0 Å². The molecule has 3 rings (SSSR count). The lowest BCUT2D eigenvalue weighted by Gasteiger charge is -2.37. The van der Waals surface area contributed by atoms with Gasteiger partial charge in [-0.2, -0.15) is 0 Å². The molecule has 0 saturated carbocycles. The van der Waals surface area contributed by atoms with Crippen molar-refractivity contribution in [3.05, 3.63) is 68.6 Å². The fourth-order valence-corrected chi connectivity index (χ4v) is 3.88. The van der Waals surface area contributed by atoms with Gasteiger partial charge in [0.1, 0.15) is 0 Å². The van der Waals surface area contributed by atoms with Gasteiger partial charge < -0.3 is 5.11 Å². The molecule has 1 aliphatic heterocycles. The maximum Gasteiger partial charge on any atom is 0.307 e. The van der Waals surface area contributed by atoms with Gasteiger partial charge in [-0.15, -0.1) is 0 Å². The summed E-state index contributed by atoms with van der Waals surface area (Å²) < 4.78 is 2.09. The number of rotatable bonds is 4. The lowest BCUT2D eigenvalue weighted by molar-refractivity contribution is -0.143. The maximum absolute atomic E-state index is 11.4. The van der Waals surface area contributed by atoms with E-state index in [4.69, 9.17) is 0 Å². The average Bonchev–Trinajstić information content (AvgIpc) is 2.59. The highest BCUT2D eigenvalue weighted by Gasteiger charge is 2.31. The van der Waals surface area contributed by atoms with Gasteiger partial charge in [-0.1, -0.05) is 56.1 Å². The second kappa shape index (κ2) is 7.81. The van der Waals surface area contributed by atoms with Crippen LogP contribution in [0.3, 0.4) is 0 Å². The number of hydrogen-bond donors (Lipinski definition) is 1. The van der Waals surface area contributed by atoms with Crippen LogP contribution in [0.5, 0.6) is 0 Å². The Morgan fingerprint density at radius 2 is 1.50 bits per heavy atom. The summed E-state index contributed by atoms with van der Waals surface area (Å²) in [5.74, 6) is -0.975. The molecule has 1 saturated heterocycles. The fraction of sp³-hybridized carbons (Fsp3) is 0.316. The van der Waals surface area contributed by atoms with Gasteiger partial charge >= 0.3 is 5.97 Å². The number of piperidine rings is 1. The van der Waals surface area contributed by atoms with Gasteiger partial charge in [0.2, 0.25) is 0 Å². The number of carboxylic acids is 1. The zero-order valence-corrected chi connectivity index (χ0v) is 16.3. The Morgan fingerprint density at radius 3 is 1.96 bits per heavy atom. The largest absolute Gasteiger partial charge is 0.481 e. The third-order valence-electron chi connectivity index (χ3n) is 4.54. The van der Waals surface area contributed by atoms with Gasteiger partial charge in [-0.3, -0.25) is 9.69 Å². The van der Waals surface area contributed by atoms with E-state index in [1.54, 1.807) is 0 Å². The first kappa shape index (κ1) is 17.6. The van der Waals surface area contributed by atoms with Crippen molar-refractivity contribution in [2.45, 2.75) is 18.9 Å². The van der Waals surface area contributed by atoms with Crippen LogP contribution in [0.15, 0.2) is 57.5 Å². The molecule has 24 heavy (non-hydrogen) atoms. The Kier molecular flexibility index (Phi) is 5.74. The fourth-order valence-electron chi connectivity index (χ4n) is 3.35. The number of carboxylic acid groups (broad SMARTS) is 1. The number of aliphatic carboxylic acids is 1. The normalized spacial score (nSPS) is 18.7. The third-order valence-corrected chi connectivity index (χ3v) is 5.60. The number of nitrogens with zero attached hydrogens (tertiary/aromatic N) is 1. The first-order valence-electron chi connectivity index (χ1n) is 8.02. The molecule has 1 heterocycles. The average molecular weight is 453 g/mol. The number of carbonyl (C=O) groups is 1. The lowest BCUT2D eigenvalue weighted by atomic mass is 9.91. The molecule has 3 nitrogen and oxygen atoms in total. The second-order valence-electron chi connectivity index (χ2n) is 6.18. The van der Waals surface area contributed by atoms with E-state index in [-0.39, 0.29) is 12.0 Å². The summed E-state index contributed by atoms with van der Waals surface area (Å²) in [4.78, 5) is 13.7. The molecule has 5 heteroatoms. The predicted octanol–water partition coefficient (Wildman–Crippen LogP) is 5.10. The first-order chi connectivity index (χ1) is 11.5. The van der Waals surface area contributed by atoms with Crippen molar-refractivity contribution in [3.63, 3.8) is 0 Å². The molecular formula is C19H19Br2NO2. The highest BCUT2D eigenvalue weighted by molar-refractivity contribution is 9.10. The van der Waals surface area contributed by atoms with Gasteiger partial charge in [-0.05, 0) is 54.8 Å². The first-order valence-corrected chi connectivity index (χ1v) is 9.61. The molecule has 0 radical (unpaired) electrons. The number of likely N-dealkylation sites (tertiary alicyclic amines) is 1. The maximum atomic E-state index is 11.4. The lowest BCUT2D eigenvalue weighted by Crippen LogP contribution is -2.41. The molecule has 0 amide bonds. The monoisotopic (exact) mass is 451 g/mol. The summed E-state index contributed by atoms with van der Waals surface area (Å²) >= 11 is 6.97. The molecule has 0 aliphatic carbocycles. The molecule has 2 aromatic carbocycles. The SMILES string of the molecule is O=C(O)C1CCCN(C(c2ccc(Br)cc2)c2ccc(Br)cc2)C1. The van der Waals surface area contributed by atoms with Crippen LogP contribution >= 0.6 is 31.9 Å². The van der Waals surface area contributed by atoms with E-state index in [0.29, 0.717) is 6.54 Å². The minimum absolute atomic E-state index is 0.0772. The molecule has 1 fully saturated rings. The molecule has 1 atom stereocenters. The summed E-state index contributed by atoms with van der Waals surface area (Å²) in [5, 5.41) is 9.41. The number of halogens is 2. The third kappa shape index (κ3) is 4.08. The Bertz CT molecular complexity index is 655. The molecule has 1 unspecified atom stereocenters. The van der Waals surface area contributed by atoms with Gasteiger partial charge in [0.05, 0.1) is 12.0 Å². The number of hydrogen-bond acceptors (Lipinski definition) is 2. The molecule has 1 aliphatic rings.